The van der Waals surface area contributed by atoms with Gasteiger partial charge in [0.25, 0.3) is 5.91 Å². The molecule has 0 saturated carbocycles. The van der Waals surface area contributed by atoms with Gasteiger partial charge < -0.3 is 10.6 Å². The highest BCUT2D eigenvalue weighted by atomic mass is 35.5. The summed E-state index contributed by atoms with van der Waals surface area (Å²) >= 11 is 17.1. The Kier molecular flexibility index (Phi) is 9.27. The van der Waals surface area contributed by atoms with Crippen LogP contribution in [0.25, 0.3) is 0 Å². The smallest absolute Gasteiger partial charge is 0.269 e. The molecule has 34 heavy (non-hydrogen) atoms. The van der Waals surface area contributed by atoms with Gasteiger partial charge in [0.15, 0.2) is 5.11 Å². The number of hydrogen-bond acceptors (Lipinski definition) is 3. The maximum Gasteiger partial charge on any atom is 0.269 e. The molecule has 3 rings (SSSR count). The van der Waals surface area contributed by atoms with Crippen molar-refractivity contribution in [2.75, 3.05) is 10.6 Å². The van der Waals surface area contributed by atoms with Crippen molar-refractivity contribution < 1.29 is 9.59 Å². The van der Waals surface area contributed by atoms with Crippen molar-refractivity contribution in [3.8, 4) is 0 Å². The van der Waals surface area contributed by atoms with Gasteiger partial charge in [-0.15, -0.1) is 0 Å². The van der Waals surface area contributed by atoms with Crippen molar-refractivity contribution in [2.24, 2.45) is 0 Å². The molecule has 3 aromatic rings. The average Bonchev–Trinajstić information content (AvgIpc) is 2.84. The highest BCUT2D eigenvalue weighted by Gasteiger charge is 2.19. The molecular weight excluding hydrogens is 491 g/mol. The molecule has 0 fully saturated rings. The van der Waals surface area contributed by atoms with Gasteiger partial charge >= 0.3 is 0 Å². The normalized spacial score (nSPS) is 11.3. The van der Waals surface area contributed by atoms with E-state index in [1.165, 1.54) is 0 Å². The van der Waals surface area contributed by atoms with Crippen LogP contribution in [0.1, 0.15) is 41.6 Å². The van der Waals surface area contributed by atoms with E-state index in [0.717, 1.165) is 18.4 Å². The lowest BCUT2D eigenvalue weighted by Gasteiger charge is -2.17. The Morgan fingerprint density at radius 2 is 1.53 bits per heavy atom. The molecule has 1 unspecified atom stereocenters. The van der Waals surface area contributed by atoms with Crippen LogP contribution in [0.3, 0.4) is 0 Å². The first kappa shape index (κ1) is 25.5. The topological polar surface area (TPSA) is 82.3 Å². The second kappa shape index (κ2) is 12.4. The Hall–Kier alpha value is -3.13. The number of hydrogen-bond donors (Lipinski definition) is 4. The summed E-state index contributed by atoms with van der Waals surface area (Å²) in [5, 5.41) is 6.83. The van der Waals surface area contributed by atoms with E-state index in [1.54, 1.807) is 42.5 Å². The van der Waals surface area contributed by atoms with Gasteiger partial charge in [-0.25, -0.2) is 0 Å². The zero-order valence-corrected chi connectivity index (χ0v) is 20.7. The van der Waals surface area contributed by atoms with E-state index < -0.39 is 0 Å². The molecule has 4 N–H and O–H groups in total. The molecule has 0 bridgehead atoms. The van der Waals surface area contributed by atoms with Crippen LogP contribution in [0.15, 0.2) is 72.8 Å². The maximum absolute atomic E-state index is 12.9. The molecule has 0 aliphatic carbocycles. The lowest BCUT2D eigenvalue weighted by Crippen LogP contribution is -2.43. The molecule has 0 saturated heterocycles. The number of thiocarbonyl (C=S) groups is 1. The van der Waals surface area contributed by atoms with Gasteiger partial charge in [-0.2, -0.15) is 0 Å². The van der Waals surface area contributed by atoms with Crippen LogP contribution in [0, 0.1) is 0 Å². The van der Waals surface area contributed by atoms with Gasteiger partial charge in [0.2, 0.25) is 5.91 Å². The maximum atomic E-state index is 12.9. The van der Waals surface area contributed by atoms with Crippen LogP contribution in [-0.4, -0.2) is 16.9 Å². The summed E-state index contributed by atoms with van der Waals surface area (Å²) in [7, 11) is 0. The molecule has 1 atom stereocenters. The zero-order chi connectivity index (χ0) is 24.5. The molecule has 6 nitrogen and oxygen atoms in total. The second-order valence-electron chi connectivity index (χ2n) is 7.48. The summed E-state index contributed by atoms with van der Waals surface area (Å²) in [6.07, 6.45) is 1.64. The minimum atomic E-state index is -0.385. The third-order valence-corrected chi connectivity index (χ3v) is 5.92. The summed E-state index contributed by atoms with van der Waals surface area (Å²) in [6.45, 7) is 2.05. The third kappa shape index (κ3) is 7.18. The third-order valence-electron chi connectivity index (χ3n) is 4.98. The number of amides is 2. The van der Waals surface area contributed by atoms with Crippen LogP contribution < -0.4 is 21.5 Å². The SMILES string of the molecule is CCCC(C(=O)Nc1ccc(C(=O)NNC(=S)Nc2ccc(Cl)c(Cl)c2)cc1)c1ccccc1. The fourth-order valence-corrected chi connectivity index (χ4v) is 3.75. The number of carbonyl (C=O) groups is 2. The van der Waals surface area contributed by atoms with E-state index in [-0.39, 0.29) is 22.8 Å². The number of rotatable bonds is 7. The zero-order valence-electron chi connectivity index (χ0n) is 18.4. The van der Waals surface area contributed by atoms with E-state index in [4.69, 9.17) is 35.4 Å². The summed E-state index contributed by atoms with van der Waals surface area (Å²) in [6, 6.07) is 21.3. The number of halogens is 2. The molecule has 0 aliphatic rings. The van der Waals surface area contributed by atoms with Crippen LogP contribution in [0.2, 0.25) is 10.0 Å². The Labute approximate surface area is 214 Å². The number of carbonyl (C=O) groups excluding carboxylic acids is 2. The van der Waals surface area contributed by atoms with Crippen molar-refractivity contribution in [1.29, 1.82) is 0 Å². The van der Waals surface area contributed by atoms with E-state index >= 15 is 0 Å². The molecule has 0 spiro atoms. The first-order chi connectivity index (χ1) is 16.4. The second-order valence-corrected chi connectivity index (χ2v) is 8.70. The number of hydrazine groups is 1. The highest BCUT2D eigenvalue weighted by Crippen LogP contribution is 2.25. The quantitative estimate of drug-likeness (QED) is 0.224. The minimum Gasteiger partial charge on any atom is -0.331 e. The van der Waals surface area contributed by atoms with E-state index in [2.05, 4.69) is 28.4 Å². The van der Waals surface area contributed by atoms with E-state index in [9.17, 15) is 9.59 Å². The Morgan fingerprint density at radius 1 is 0.853 bits per heavy atom. The minimum absolute atomic E-state index is 0.0781. The van der Waals surface area contributed by atoms with Gasteiger partial charge in [0.1, 0.15) is 0 Å². The van der Waals surface area contributed by atoms with Gasteiger partial charge in [-0.3, -0.25) is 20.4 Å². The van der Waals surface area contributed by atoms with Gasteiger partial charge in [-0.05, 0) is 66.7 Å². The Morgan fingerprint density at radius 3 is 2.18 bits per heavy atom. The van der Waals surface area contributed by atoms with Crippen molar-refractivity contribution in [1.82, 2.24) is 10.9 Å². The number of nitrogens with one attached hydrogen (secondary N) is 4. The number of anilines is 2. The summed E-state index contributed by atoms with van der Waals surface area (Å²) in [4.78, 5) is 25.3. The van der Waals surface area contributed by atoms with Gasteiger partial charge in [-0.1, -0.05) is 66.9 Å². The molecular formula is C25H24Cl2N4O2S. The van der Waals surface area contributed by atoms with E-state index in [1.807, 2.05) is 30.3 Å². The first-order valence-electron chi connectivity index (χ1n) is 10.7. The van der Waals surface area contributed by atoms with Crippen molar-refractivity contribution >= 4 is 63.7 Å². The largest absolute Gasteiger partial charge is 0.331 e. The molecule has 0 aromatic heterocycles. The standard InChI is InChI=1S/C25H24Cl2N4O2S/c1-2-6-20(16-7-4-3-5-8-16)24(33)28-18-11-9-17(10-12-18)23(32)30-31-25(34)29-19-13-14-21(26)22(27)15-19/h3-5,7-15,20H,2,6H2,1H3,(H,28,33)(H,30,32)(H2,29,31,34). The van der Waals surface area contributed by atoms with Gasteiger partial charge in [0, 0.05) is 16.9 Å². The van der Waals surface area contributed by atoms with Crippen LogP contribution in [0.5, 0.6) is 0 Å². The predicted molar refractivity (Wildman–Crippen MR) is 142 cm³/mol. The molecule has 0 heterocycles. The highest BCUT2D eigenvalue weighted by molar-refractivity contribution is 7.80. The lowest BCUT2D eigenvalue weighted by atomic mass is 9.93. The van der Waals surface area contributed by atoms with Crippen LogP contribution in [0.4, 0.5) is 11.4 Å². The molecule has 3 aromatic carbocycles. The Balaban J connectivity index is 1.53. The summed E-state index contributed by atoms with van der Waals surface area (Å²) in [5.41, 5.74) is 7.77. The number of benzene rings is 3. The molecule has 0 aliphatic heterocycles. The Bertz CT molecular complexity index is 1160. The van der Waals surface area contributed by atoms with Crippen LogP contribution in [-0.2, 0) is 4.79 Å². The summed E-state index contributed by atoms with van der Waals surface area (Å²) < 4.78 is 0. The van der Waals surface area contributed by atoms with Crippen molar-refractivity contribution in [3.63, 3.8) is 0 Å². The fourth-order valence-electron chi connectivity index (χ4n) is 3.28. The summed E-state index contributed by atoms with van der Waals surface area (Å²) in [5.74, 6) is -0.697. The average molecular weight is 515 g/mol. The van der Waals surface area contributed by atoms with Crippen molar-refractivity contribution in [3.05, 3.63) is 94.0 Å². The predicted octanol–water partition coefficient (Wildman–Crippen LogP) is 6.15. The lowest BCUT2D eigenvalue weighted by molar-refractivity contribution is -0.117. The first-order valence-corrected chi connectivity index (χ1v) is 11.8. The van der Waals surface area contributed by atoms with Crippen molar-refractivity contribution in [2.45, 2.75) is 25.7 Å². The monoisotopic (exact) mass is 514 g/mol. The van der Waals surface area contributed by atoms with Gasteiger partial charge in [0.05, 0.1) is 16.0 Å². The fraction of sp³-hybridized carbons (Fsp3) is 0.160. The molecule has 9 heteroatoms. The molecule has 176 valence electrons. The van der Waals surface area contributed by atoms with Crippen LogP contribution >= 0.6 is 35.4 Å². The molecule has 2 amide bonds. The molecule has 0 radical (unpaired) electrons. The van der Waals surface area contributed by atoms with E-state index in [0.29, 0.717) is 27.0 Å².